The first-order chi connectivity index (χ1) is 17.1. The maximum atomic E-state index is 12.5. The maximum Gasteiger partial charge on any atom is 0.446 e. The summed E-state index contributed by atoms with van der Waals surface area (Å²) in [5, 5.41) is 17.8. The van der Waals surface area contributed by atoms with E-state index in [4.69, 9.17) is 4.52 Å². The molecule has 0 amide bonds. The standard InChI is InChI=1S/C25H21F3N4O3S/c1-15-11-20(23-29-22(31-35-23)17-5-7-19(8-6-17)36-25(26,27)28)30-32(15)14-16-3-2-4-18(12-16)24(9-10-24)13-21(33)34/h2-8,11-12H,9-10,13-14H2,1H3,(H,33,34). The second-order valence-corrected chi connectivity index (χ2v) is 10.0. The lowest BCUT2D eigenvalue weighted by molar-refractivity contribution is -0.137. The molecule has 2 aromatic carbocycles. The topological polar surface area (TPSA) is 94.0 Å². The van der Waals surface area contributed by atoms with Crippen molar-refractivity contribution in [3.05, 3.63) is 71.4 Å². The van der Waals surface area contributed by atoms with Crippen molar-refractivity contribution in [3.8, 4) is 23.0 Å². The van der Waals surface area contributed by atoms with E-state index in [1.807, 2.05) is 37.3 Å². The van der Waals surface area contributed by atoms with Gasteiger partial charge < -0.3 is 9.63 Å². The zero-order valence-electron chi connectivity index (χ0n) is 19.1. The van der Waals surface area contributed by atoms with Crippen LogP contribution in [0.25, 0.3) is 23.0 Å². The normalized spacial score (nSPS) is 14.7. The fourth-order valence-electron chi connectivity index (χ4n) is 4.21. The van der Waals surface area contributed by atoms with E-state index in [0.29, 0.717) is 17.8 Å². The van der Waals surface area contributed by atoms with Gasteiger partial charge in [0, 0.05) is 21.6 Å². The number of thioether (sulfide) groups is 1. The molecule has 2 aromatic heterocycles. The summed E-state index contributed by atoms with van der Waals surface area (Å²) in [6.45, 7) is 2.39. The van der Waals surface area contributed by atoms with Crippen LogP contribution in [0, 0.1) is 6.92 Å². The lowest BCUT2D eigenvalue weighted by Crippen LogP contribution is -2.13. The number of hydrogen-bond donors (Lipinski definition) is 1. The van der Waals surface area contributed by atoms with Crippen molar-refractivity contribution in [2.75, 3.05) is 0 Å². The lowest BCUT2D eigenvalue weighted by atomic mass is 9.91. The van der Waals surface area contributed by atoms with Gasteiger partial charge in [-0.2, -0.15) is 23.3 Å². The van der Waals surface area contributed by atoms with Crippen LogP contribution >= 0.6 is 11.8 Å². The molecule has 4 aromatic rings. The van der Waals surface area contributed by atoms with Crippen molar-refractivity contribution in [1.29, 1.82) is 0 Å². The molecular weight excluding hydrogens is 493 g/mol. The van der Waals surface area contributed by atoms with E-state index in [1.165, 1.54) is 24.3 Å². The molecule has 36 heavy (non-hydrogen) atoms. The highest BCUT2D eigenvalue weighted by molar-refractivity contribution is 8.00. The van der Waals surface area contributed by atoms with Crippen LogP contribution in [-0.4, -0.2) is 36.5 Å². The number of alkyl halides is 3. The molecule has 5 rings (SSSR count). The molecule has 0 bridgehead atoms. The zero-order valence-corrected chi connectivity index (χ0v) is 19.9. The number of hydrogen-bond acceptors (Lipinski definition) is 6. The monoisotopic (exact) mass is 514 g/mol. The number of halogens is 3. The summed E-state index contributed by atoms with van der Waals surface area (Å²) in [6, 6.07) is 15.5. The summed E-state index contributed by atoms with van der Waals surface area (Å²) in [4.78, 5) is 15.7. The Balaban J connectivity index is 1.32. The van der Waals surface area contributed by atoms with Gasteiger partial charge in [-0.3, -0.25) is 9.48 Å². The Labute approximate surface area is 208 Å². The average molecular weight is 515 g/mol. The molecule has 1 N–H and O–H groups in total. The first-order valence-electron chi connectivity index (χ1n) is 11.2. The molecule has 0 spiro atoms. The molecule has 186 valence electrons. The second kappa shape index (κ2) is 9.12. The number of carboxylic acids is 1. The molecule has 1 aliphatic carbocycles. The average Bonchev–Trinajstić information content (AvgIpc) is 3.25. The number of carboxylic acid groups (broad SMARTS) is 1. The summed E-state index contributed by atoms with van der Waals surface area (Å²) in [5.41, 5.74) is -0.697. The Morgan fingerprint density at radius 2 is 1.92 bits per heavy atom. The fourth-order valence-corrected chi connectivity index (χ4v) is 4.74. The number of rotatable bonds is 8. The molecular formula is C25H21F3N4O3S. The van der Waals surface area contributed by atoms with Crippen molar-refractivity contribution < 1.29 is 27.6 Å². The van der Waals surface area contributed by atoms with Crippen LogP contribution in [0.1, 0.15) is 36.1 Å². The second-order valence-electron chi connectivity index (χ2n) is 8.88. The van der Waals surface area contributed by atoms with Crippen molar-refractivity contribution in [3.63, 3.8) is 0 Å². The molecule has 0 aliphatic heterocycles. The maximum absolute atomic E-state index is 12.5. The first-order valence-corrected chi connectivity index (χ1v) is 12.0. The summed E-state index contributed by atoms with van der Waals surface area (Å²) in [5.74, 6) is -0.338. The van der Waals surface area contributed by atoms with Gasteiger partial charge in [-0.1, -0.05) is 29.4 Å². The van der Waals surface area contributed by atoms with E-state index in [2.05, 4.69) is 15.2 Å². The summed E-state index contributed by atoms with van der Waals surface area (Å²) in [6.07, 6.45) is 1.87. The fraction of sp³-hybridized carbons (Fsp3) is 0.280. The number of aryl methyl sites for hydroxylation is 1. The summed E-state index contributed by atoms with van der Waals surface area (Å²) < 4.78 is 44.8. The van der Waals surface area contributed by atoms with Crippen LogP contribution in [-0.2, 0) is 16.8 Å². The van der Waals surface area contributed by atoms with E-state index in [-0.39, 0.29) is 40.2 Å². The minimum absolute atomic E-state index is 0.0731. The Hall–Kier alpha value is -3.60. The molecule has 2 heterocycles. The van der Waals surface area contributed by atoms with Gasteiger partial charge in [-0.15, -0.1) is 0 Å². The molecule has 0 unspecified atom stereocenters. The lowest BCUT2D eigenvalue weighted by Gasteiger charge is -2.14. The van der Waals surface area contributed by atoms with E-state index < -0.39 is 11.5 Å². The Kier molecular flexibility index (Phi) is 6.11. The van der Waals surface area contributed by atoms with E-state index in [1.54, 1.807) is 4.68 Å². The van der Waals surface area contributed by atoms with Crippen molar-refractivity contribution in [2.24, 2.45) is 0 Å². The van der Waals surface area contributed by atoms with Crippen LogP contribution in [0.2, 0.25) is 0 Å². The third-order valence-corrected chi connectivity index (χ3v) is 6.93. The molecule has 7 nitrogen and oxygen atoms in total. The van der Waals surface area contributed by atoms with Crippen LogP contribution in [0.15, 0.2) is 64.0 Å². The van der Waals surface area contributed by atoms with Gasteiger partial charge in [0.2, 0.25) is 5.82 Å². The minimum Gasteiger partial charge on any atom is -0.481 e. The van der Waals surface area contributed by atoms with Crippen molar-refractivity contribution in [1.82, 2.24) is 19.9 Å². The highest BCUT2D eigenvalue weighted by Gasteiger charge is 2.45. The summed E-state index contributed by atoms with van der Waals surface area (Å²) in [7, 11) is 0. The molecule has 1 fully saturated rings. The van der Waals surface area contributed by atoms with Gasteiger partial charge >= 0.3 is 11.5 Å². The van der Waals surface area contributed by atoms with Gasteiger partial charge in [0.1, 0.15) is 0 Å². The van der Waals surface area contributed by atoms with Crippen molar-refractivity contribution >= 4 is 17.7 Å². The Morgan fingerprint density at radius 1 is 1.17 bits per heavy atom. The number of carbonyl (C=O) groups is 1. The third kappa shape index (κ3) is 5.30. The number of aliphatic carboxylic acids is 1. The van der Waals surface area contributed by atoms with Gasteiger partial charge in [0.25, 0.3) is 5.89 Å². The molecule has 0 radical (unpaired) electrons. The van der Waals surface area contributed by atoms with E-state index in [0.717, 1.165) is 29.7 Å². The molecule has 0 saturated heterocycles. The largest absolute Gasteiger partial charge is 0.481 e. The number of benzene rings is 2. The highest BCUT2D eigenvalue weighted by Crippen LogP contribution is 2.51. The van der Waals surface area contributed by atoms with Gasteiger partial charge in [-0.25, -0.2) is 0 Å². The summed E-state index contributed by atoms with van der Waals surface area (Å²) >= 11 is -0.183. The highest BCUT2D eigenvalue weighted by atomic mass is 32.2. The van der Waals surface area contributed by atoms with E-state index >= 15 is 0 Å². The molecule has 11 heteroatoms. The third-order valence-electron chi connectivity index (χ3n) is 6.19. The van der Waals surface area contributed by atoms with Crippen LogP contribution < -0.4 is 0 Å². The Morgan fingerprint density at radius 3 is 2.58 bits per heavy atom. The van der Waals surface area contributed by atoms with Crippen LogP contribution in [0.4, 0.5) is 13.2 Å². The molecule has 1 aliphatic rings. The van der Waals surface area contributed by atoms with Gasteiger partial charge in [0.15, 0.2) is 5.69 Å². The smallest absolute Gasteiger partial charge is 0.446 e. The van der Waals surface area contributed by atoms with Gasteiger partial charge in [0.05, 0.1) is 13.0 Å². The van der Waals surface area contributed by atoms with Crippen LogP contribution in [0.5, 0.6) is 0 Å². The first kappa shape index (κ1) is 24.1. The SMILES string of the molecule is Cc1cc(-c2nc(-c3ccc(SC(F)(F)F)cc3)no2)nn1Cc1cccc(C2(CC(=O)O)CC2)c1. The van der Waals surface area contributed by atoms with Crippen LogP contribution in [0.3, 0.4) is 0 Å². The predicted octanol–water partition coefficient (Wildman–Crippen LogP) is 6.08. The molecule has 0 atom stereocenters. The zero-order chi connectivity index (χ0) is 25.5. The number of aromatic nitrogens is 4. The minimum atomic E-state index is -4.35. The predicted molar refractivity (Wildman–Crippen MR) is 126 cm³/mol. The molecule has 1 saturated carbocycles. The van der Waals surface area contributed by atoms with E-state index in [9.17, 15) is 23.1 Å². The Bertz CT molecular complexity index is 1410. The number of nitrogens with zero attached hydrogens (tertiary/aromatic N) is 4. The van der Waals surface area contributed by atoms with Gasteiger partial charge in [-0.05, 0) is 73.0 Å². The quantitative estimate of drug-likeness (QED) is 0.285. The van der Waals surface area contributed by atoms with Crippen molar-refractivity contribution in [2.45, 2.75) is 48.5 Å².